The fourth-order valence-corrected chi connectivity index (χ4v) is 3.08. The van der Waals surface area contributed by atoms with E-state index in [1.165, 1.54) is 25.7 Å². The third-order valence-electron chi connectivity index (χ3n) is 4.56. The summed E-state index contributed by atoms with van der Waals surface area (Å²) in [5.41, 5.74) is 0.781. The zero-order valence-electron chi connectivity index (χ0n) is 16.6. The van der Waals surface area contributed by atoms with E-state index in [-0.39, 0.29) is 11.9 Å². The van der Waals surface area contributed by atoms with Crippen LogP contribution < -0.4 is 15.4 Å². The van der Waals surface area contributed by atoms with Gasteiger partial charge in [0, 0.05) is 30.3 Å². The number of anilines is 1. The van der Waals surface area contributed by atoms with Crippen LogP contribution in [0.4, 0.5) is 5.69 Å². The summed E-state index contributed by atoms with van der Waals surface area (Å²) in [4.78, 5) is 30.3. The number of carboxylic acids is 2. The molecule has 0 saturated heterocycles. The van der Waals surface area contributed by atoms with Gasteiger partial charge in [-0.25, -0.2) is 9.59 Å². The Balaban J connectivity index is 0.000000568. The first-order valence-corrected chi connectivity index (χ1v) is 9.37. The molecule has 1 saturated carbocycles. The van der Waals surface area contributed by atoms with E-state index in [0.717, 1.165) is 17.4 Å². The maximum atomic E-state index is 12.1. The van der Waals surface area contributed by atoms with Crippen molar-refractivity contribution in [2.45, 2.75) is 58.0 Å². The Morgan fingerprint density at radius 3 is 2.29 bits per heavy atom. The Bertz CT molecular complexity index is 644. The molecule has 8 nitrogen and oxygen atoms in total. The first-order chi connectivity index (χ1) is 13.2. The summed E-state index contributed by atoms with van der Waals surface area (Å²) in [7, 11) is 1.62. The summed E-state index contributed by atoms with van der Waals surface area (Å²) in [6.45, 7) is 4.41. The van der Waals surface area contributed by atoms with E-state index >= 15 is 0 Å². The molecule has 4 N–H and O–H groups in total. The summed E-state index contributed by atoms with van der Waals surface area (Å²) in [6, 6.07) is 8.21. The number of benzene rings is 1. The number of hydrogen-bond donors (Lipinski definition) is 4. The lowest BCUT2D eigenvalue weighted by Gasteiger charge is -2.29. The average Bonchev–Trinajstić information content (AvgIpc) is 2.64. The minimum Gasteiger partial charge on any atom is -0.497 e. The fourth-order valence-electron chi connectivity index (χ4n) is 3.08. The number of hydrogen-bond acceptors (Lipinski definition) is 5. The number of ether oxygens (including phenoxy) is 1. The molecule has 0 aliphatic heterocycles. The smallest absolute Gasteiger partial charge is 0.414 e. The highest BCUT2D eigenvalue weighted by Crippen LogP contribution is 2.24. The van der Waals surface area contributed by atoms with Crippen LogP contribution >= 0.6 is 0 Å². The molecule has 0 bridgehead atoms. The summed E-state index contributed by atoms with van der Waals surface area (Å²) in [5, 5.41) is 21.3. The van der Waals surface area contributed by atoms with Crippen LogP contribution in [0.2, 0.25) is 0 Å². The Morgan fingerprint density at radius 1 is 1.14 bits per heavy atom. The van der Waals surface area contributed by atoms with Crippen LogP contribution in [0.25, 0.3) is 0 Å². The molecule has 1 aromatic carbocycles. The number of amides is 1. The van der Waals surface area contributed by atoms with Crippen molar-refractivity contribution in [3.8, 4) is 5.75 Å². The molecule has 0 aromatic heterocycles. The van der Waals surface area contributed by atoms with Gasteiger partial charge in [-0.15, -0.1) is 0 Å². The number of rotatable bonds is 6. The van der Waals surface area contributed by atoms with Gasteiger partial charge in [0.15, 0.2) is 0 Å². The zero-order chi connectivity index (χ0) is 21.1. The third-order valence-corrected chi connectivity index (χ3v) is 4.56. The number of methoxy groups -OCH3 is 1. The van der Waals surface area contributed by atoms with Crippen molar-refractivity contribution in [3.63, 3.8) is 0 Å². The first kappa shape index (κ1) is 23.4. The standard InChI is InChI=1S/C18H28N2O2.C2H2O4/c1-13-7-9-15(10-8-13)19-14(2)11-18(21)20-16-5-4-6-17(12-16)22-3;3-1(4)2(5)6/h4-6,12-15,19H,7-11H2,1-3H3,(H,20,21);(H,3,4)(H,5,6). The van der Waals surface area contributed by atoms with Crippen LogP contribution in [-0.2, 0) is 14.4 Å². The molecule has 1 aliphatic rings. The fraction of sp³-hybridized carbons (Fsp3) is 0.550. The summed E-state index contributed by atoms with van der Waals surface area (Å²) in [5.74, 6) is -2.01. The van der Waals surface area contributed by atoms with Gasteiger partial charge in [0.1, 0.15) is 5.75 Å². The van der Waals surface area contributed by atoms with Crippen LogP contribution in [0.1, 0.15) is 46.0 Å². The minimum absolute atomic E-state index is 0.0393. The SMILES string of the molecule is COc1cccc(NC(=O)CC(C)NC2CCC(C)CC2)c1.O=C(O)C(=O)O. The van der Waals surface area contributed by atoms with E-state index in [9.17, 15) is 4.79 Å². The van der Waals surface area contributed by atoms with Crippen molar-refractivity contribution in [1.82, 2.24) is 5.32 Å². The second-order valence-corrected chi connectivity index (χ2v) is 7.12. The summed E-state index contributed by atoms with van der Waals surface area (Å²) >= 11 is 0. The number of carbonyl (C=O) groups is 3. The van der Waals surface area contributed by atoms with Crippen molar-refractivity contribution >= 4 is 23.5 Å². The third kappa shape index (κ3) is 9.36. The van der Waals surface area contributed by atoms with Gasteiger partial charge >= 0.3 is 11.9 Å². The largest absolute Gasteiger partial charge is 0.497 e. The monoisotopic (exact) mass is 394 g/mol. The highest BCUT2D eigenvalue weighted by Gasteiger charge is 2.20. The van der Waals surface area contributed by atoms with Gasteiger partial charge < -0.3 is 25.6 Å². The van der Waals surface area contributed by atoms with Crippen molar-refractivity contribution < 1.29 is 29.3 Å². The van der Waals surface area contributed by atoms with Gasteiger partial charge in [0.05, 0.1) is 7.11 Å². The van der Waals surface area contributed by atoms with Gasteiger partial charge in [0.25, 0.3) is 0 Å². The normalized spacial score (nSPS) is 19.5. The molecule has 0 heterocycles. The zero-order valence-corrected chi connectivity index (χ0v) is 16.6. The van der Waals surface area contributed by atoms with Crippen LogP contribution in [0.15, 0.2) is 24.3 Å². The lowest BCUT2D eigenvalue weighted by Crippen LogP contribution is -2.40. The number of aliphatic carboxylic acids is 2. The van der Waals surface area contributed by atoms with E-state index in [1.54, 1.807) is 7.11 Å². The lowest BCUT2D eigenvalue weighted by molar-refractivity contribution is -0.159. The molecule has 1 amide bonds. The average molecular weight is 394 g/mol. The highest BCUT2D eigenvalue weighted by molar-refractivity contribution is 6.27. The molecule has 28 heavy (non-hydrogen) atoms. The van der Waals surface area contributed by atoms with Crippen molar-refractivity contribution in [2.75, 3.05) is 12.4 Å². The van der Waals surface area contributed by atoms with Gasteiger partial charge in [-0.1, -0.05) is 13.0 Å². The van der Waals surface area contributed by atoms with E-state index in [1.807, 2.05) is 24.3 Å². The Kier molecular flexibility index (Phi) is 10.0. The van der Waals surface area contributed by atoms with E-state index in [4.69, 9.17) is 24.5 Å². The molecule has 156 valence electrons. The van der Waals surface area contributed by atoms with Gasteiger partial charge in [-0.05, 0) is 50.7 Å². The molecular weight excluding hydrogens is 364 g/mol. The Labute approximate surface area is 165 Å². The summed E-state index contributed by atoms with van der Waals surface area (Å²) in [6.07, 6.45) is 5.52. The van der Waals surface area contributed by atoms with Crippen molar-refractivity contribution in [3.05, 3.63) is 24.3 Å². The molecule has 2 rings (SSSR count). The van der Waals surface area contributed by atoms with Gasteiger partial charge in [-0.2, -0.15) is 0 Å². The van der Waals surface area contributed by atoms with Crippen LogP contribution in [0, 0.1) is 5.92 Å². The summed E-state index contributed by atoms with van der Waals surface area (Å²) < 4.78 is 5.16. The number of carboxylic acid groups (broad SMARTS) is 2. The molecule has 1 aliphatic carbocycles. The minimum atomic E-state index is -1.82. The van der Waals surface area contributed by atoms with Crippen molar-refractivity contribution in [1.29, 1.82) is 0 Å². The Morgan fingerprint density at radius 2 is 1.75 bits per heavy atom. The van der Waals surface area contributed by atoms with Crippen LogP contribution in [-0.4, -0.2) is 47.3 Å². The molecule has 1 atom stereocenters. The topological polar surface area (TPSA) is 125 Å². The predicted octanol–water partition coefficient (Wildman–Crippen LogP) is 2.74. The Hall–Kier alpha value is -2.61. The maximum absolute atomic E-state index is 12.1. The molecule has 0 spiro atoms. The van der Waals surface area contributed by atoms with Crippen molar-refractivity contribution in [2.24, 2.45) is 5.92 Å². The van der Waals surface area contributed by atoms with E-state index < -0.39 is 11.9 Å². The molecule has 8 heteroatoms. The molecule has 0 radical (unpaired) electrons. The molecule has 1 fully saturated rings. The highest BCUT2D eigenvalue weighted by atomic mass is 16.5. The maximum Gasteiger partial charge on any atom is 0.414 e. The quantitative estimate of drug-likeness (QED) is 0.547. The lowest BCUT2D eigenvalue weighted by atomic mass is 9.87. The molecule has 1 aromatic rings. The van der Waals surface area contributed by atoms with E-state index in [0.29, 0.717) is 12.5 Å². The molecular formula is C20H30N2O6. The van der Waals surface area contributed by atoms with Crippen LogP contribution in [0.3, 0.4) is 0 Å². The van der Waals surface area contributed by atoms with E-state index in [2.05, 4.69) is 24.5 Å². The van der Waals surface area contributed by atoms with Crippen LogP contribution in [0.5, 0.6) is 5.75 Å². The first-order valence-electron chi connectivity index (χ1n) is 9.37. The second-order valence-electron chi connectivity index (χ2n) is 7.12. The second kappa shape index (κ2) is 12.0. The number of nitrogens with one attached hydrogen (secondary N) is 2. The number of carbonyl (C=O) groups excluding carboxylic acids is 1. The van der Waals surface area contributed by atoms with Gasteiger partial charge in [-0.3, -0.25) is 4.79 Å². The predicted molar refractivity (Wildman–Crippen MR) is 106 cm³/mol. The molecule has 1 unspecified atom stereocenters. The van der Waals surface area contributed by atoms with Gasteiger partial charge in [0.2, 0.25) is 5.91 Å².